The largest absolute Gasteiger partial charge is 0.508 e. The van der Waals surface area contributed by atoms with Crippen LogP contribution in [-0.2, 0) is 86.7 Å². The Morgan fingerprint density at radius 1 is 0.561 bits per heavy atom. The van der Waals surface area contributed by atoms with Crippen molar-refractivity contribution >= 4 is 106 Å². The summed E-state index contributed by atoms with van der Waals surface area (Å²) in [5.74, 6) is -12.5. The fraction of sp³-hybridized carbons (Fsp3) is 0.561. The van der Waals surface area contributed by atoms with E-state index in [-0.39, 0.29) is 101 Å². The maximum Gasteiger partial charge on any atom is 0.245 e. The van der Waals surface area contributed by atoms with Crippen LogP contribution in [0.3, 0.4) is 0 Å². The first-order chi connectivity index (χ1) is 54.3. The molecule has 4 bridgehead atoms. The van der Waals surface area contributed by atoms with Gasteiger partial charge in [-0.25, -0.2) is 4.98 Å². The fourth-order valence-corrected chi connectivity index (χ4v) is 16.6. The molecule has 3 aromatic carbocycles. The van der Waals surface area contributed by atoms with Crippen LogP contribution < -0.4 is 64.2 Å². The minimum absolute atomic E-state index is 0.000580. The molecule has 11 amide bonds. The van der Waals surface area contributed by atoms with Gasteiger partial charge in [0.05, 0.1) is 30.2 Å². The van der Waals surface area contributed by atoms with Crippen LogP contribution in [0.5, 0.6) is 11.5 Å². The third-order valence-corrected chi connectivity index (χ3v) is 23.3. The number of benzene rings is 3. The summed E-state index contributed by atoms with van der Waals surface area (Å²) in [6.07, 6.45) is -0.366. The number of ketones is 2. The van der Waals surface area contributed by atoms with Crippen LogP contribution in [0.25, 0.3) is 0 Å². The number of nitrogens with one attached hydrogen (secondary N) is 11. The predicted molar refractivity (Wildman–Crippen MR) is 430 cm³/mol. The van der Waals surface area contributed by atoms with Gasteiger partial charge in [-0.05, 0) is 135 Å². The molecule has 0 radical (unpaired) electrons. The maximum atomic E-state index is 15.3. The molecular formula is C82H113N13O17S2. The number of anilines is 1. The Labute approximate surface area is 673 Å². The number of thioether (sulfide) groups is 2. The molecule has 114 heavy (non-hydrogen) atoms. The van der Waals surface area contributed by atoms with E-state index in [9.17, 15) is 54.0 Å². The maximum absolute atomic E-state index is 15.3. The van der Waals surface area contributed by atoms with Crippen molar-refractivity contribution < 1.29 is 82.8 Å². The van der Waals surface area contributed by atoms with Crippen LogP contribution in [0.15, 0.2) is 91.1 Å². The van der Waals surface area contributed by atoms with E-state index in [1.165, 1.54) is 73.8 Å². The van der Waals surface area contributed by atoms with Crippen molar-refractivity contribution in [3.05, 3.63) is 119 Å². The Morgan fingerprint density at radius 2 is 1.18 bits per heavy atom. The Hall–Kier alpha value is -9.66. The number of nitrogens with two attached hydrogens (primary N) is 1. The van der Waals surface area contributed by atoms with Crippen molar-refractivity contribution in [3.8, 4) is 11.5 Å². The van der Waals surface area contributed by atoms with E-state index in [1.807, 2.05) is 24.3 Å². The van der Waals surface area contributed by atoms with Crippen molar-refractivity contribution in [2.75, 3.05) is 29.9 Å². The number of carbonyl (C=O) groups is 13. The van der Waals surface area contributed by atoms with Gasteiger partial charge in [-0.15, -0.1) is 0 Å². The van der Waals surface area contributed by atoms with Crippen molar-refractivity contribution in [3.63, 3.8) is 0 Å². The molecule has 32 heteroatoms. The molecule has 1 saturated carbocycles. The normalized spacial score (nSPS) is 26.5. The summed E-state index contributed by atoms with van der Waals surface area (Å²) in [7, 11) is 0. The number of pyridine rings is 1. The summed E-state index contributed by atoms with van der Waals surface area (Å²) in [4.78, 5) is 195. The molecule has 1 aliphatic carbocycles. The van der Waals surface area contributed by atoms with E-state index >= 15 is 28.8 Å². The van der Waals surface area contributed by atoms with Crippen LogP contribution in [0.4, 0.5) is 5.82 Å². The molecule has 30 nitrogen and oxygen atoms in total. The average molecular weight is 1620 g/mol. The lowest BCUT2D eigenvalue weighted by molar-refractivity contribution is -0.138. The van der Waals surface area contributed by atoms with E-state index in [1.54, 1.807) is 58.2 Å². The second kappa shape index (κ2) is 43.7. The summed E-state index contributed by atoms with van der Waals surface area (Å²) >= 11 is 2.75. The standard InChI is InChI=1S/C82H113N13O17S2/c1-7-15-60-76(107)89-61-21-11-12-22-67(102)84-34-31-59(65(100)41-58(46(2)96)75(106)90-63(78(109)88-60)39-54-42-86-73-57(54)20-14-33-85-73)87-74(105)53(37-48-23-27-55(98)28-24-48)40-66(101)71(82(4,5)6)93-68(103)32-35-113-43-50-16-13-17-51(36-50)44-114-45-64(72(83)104)92-80(111)69(47(3)97)94-81(112)70(52-18-9-8-10-19-52)95-79(110)62(91-77(61)108)38-49-25-29-56(99)30-26-49/h13-14,16-17,20,23-30,33,36,46-47,52-54,58-64,69-71,96-99H,7-12,15,18-19,21-22,31-32,34-35,37-45H2,1-6H3,(H2,83,104)(H,84,102)(H,85,86)(H,87,105)(H,88,109)(H,89,107)(H,90,106)(H,91,108)(H,92,111)(H,93,103)(H,94,112)(H,95,110)/t46-,47-,53-,54?,58-,59+,60+,61+,62+,63+,64+,69+,70+,71-/m1/s1. The highest BCUT2D eigenvalue weighted by Crippen LogP contribution is 2.34. The summed E-state index contributed by atoms with van der Waals surface area (Å²) in [5, 5.41) is 74.4. The molecule has 4 aromatic rings. The number of fused-ring (bicyclic) bond motifs is 12. The number of nitrogens with zero attached hydrogens (tertiary/aromatic N) is 1. The van der Waals surface area contributed by atoms with Crippen LogP contribution in [-0.4, -0.2) is 193 Å². The summed E-state index contributed by atoms with van der Waals surface area (Å²) in [6.45, 7) is 9.60. The van der Waals surface area contributed by atoms with E-state index in [2.05, 4.69) is 63.5 Å². The van der Waals surface area contributed by atoms with Gasteiger partial charge in [-0.2, -0.15) is 23.5 Å². The topological polar surface area (TPSA) is 474 Å². The number of aromatic hydroxyl groups is 2. The summed E-state index contributed by atoms with van der Waals surface area (Å²) in [5.41, 5.74) is 8.40. The molecule has 1 saturated heterocycles. The van der Waals surface area contributed by atoms with E-state index in [0.717, 1.165) is 17.5 Å². The Bertz CT molecular complexity index is 4010. The number of phenols is 2. The highest BCUT2D eigenvalue weighted by Gasteiger charge is 2.42. The molecule has 1 aromatic heterocycles. The smallest absolute Gasteiger partial charge is 0.245 e. The number of aromatic nitrogens is 1. The second-order valence-corrected chi connectivity index (χ2v) is 33.6. The summed E-state index contributed by atoms with van der Waals surface area (Å²) in [6, 6.07) is 9.95. The lowest BCUT2D eigenvalue weighted by atomic mass is 9.80. The SMILES string of the molecule is CCC[C@@H]1NC(=O)[C@H](CC2CNc3ncccc32)NC(=O)[C@@H]([C@@H](C)O)CC(=O)[C@@H]2CCNC(=O)CCCC[C@H](NC1=O)C(=O)N[C@@H](Cc1ccc(O)cc1)C(=O)N[C@@H](C1CCCCC1)C(=O)N[C@@H]([C@@H](C)O)C(=O)N[C@H](C(N)=O)CSCc1cccc(c1)CSCCC(=O)N[C@@H](C(C)(C)C)C(=O)C[C@@H](Cc1ccc(O)cc1)C(=O)N2. The van der Waals surface area contributed by atoms with Gasteiger partial charge in [-0.1, -0.05) is 114 Å². The third-order valence-electron chi connectivity index (χ3n) is 21.2. The van der Waals surface area contributed by atoms with Crippen molar-refractivity contribution in [1.29, 1.82) is 0 Å². The van der Waals surface area contributed by atoms with E-state index < -0.39 is 185 Å². The number of rotatable bonds is 12. The molecule has 2 fully saturated rings. The molecule has 3 aliphatic heterocycles. The molecule has 1 unspecified atom stereocenters. The minimum atomic E-state index is -1.68. The number of aliphatic hydroxyl groups is 2. The zero-order valence-corrected chi connectivity index (χ0v) is 67.4. The van der Waals surface area contributed by atoms with Gasteiger partial charge in [0.2, 0.25) is 65.0 Å². The number of carbonyl (C=O) groups excluding carboxylic acids is 13. The lowest BCUT2D eigenvalue weighted by Crippen LogP contribution is -2.63. The van der Waals surface area contributed by atoms with Gasteiger partial charge in [0.15, 0.2) is 11.6 Å². The molecule has 17 N–H and O–H groups in total. The first-order valence-corrected chi connectivity index (χ1v) is 41.8. The summed E-state index contributed by atoms with van der Waals surface area (Å²) < 4.78 is 0. The second-order valence-electron chi connectivity index (χ2n) is 31.4. The number of primary amides is 1. The Morgan fingerprint density at radius 3 is 1.83 bits per heavy atom. The molecule has 4 aliphatic rings. The van der Waals surface area contributed by atoms with Gasteiger partial charge in [0, 0.05) is 86.2 Å². The Balaban J connectivity index is 1.19. The van der Waals surface area contributed by atoms with Crippen molar-refractivity contribution in [2.45, 2.75) is 241 Å². The molecule has 8 rings (SSSR count). The molecule has 14 atom stereocenters. The van der Waals surface area contributed by atoms with Crippen LogP contribution >= 0.6 is 23.5 Å². The number of phenolic OH excluding ortho intramolecular Hbond substituents is 2. The van der Waals surface area contributed by atoms with Crippen LogP contribution in [0.2, 0.25) is 0 Å². The molecule has 0 spiro atoms. The van der Waals surface area contributed by atoms with Crippen LogP contribution in [0.1, 0.15) is 178 Å². The van der Waals surface area contributed by atoms with Gasteiger partial charge in [0.25, 0.3) is 0 Å². The van der Waals surface area contributed by atoms with Crippen LogP contribution in [0, 0.1) is 23.2 Å². The fourth-order valence-electron chi connectivity index (χ4n) is 14.7. The highest BCUT2D eigenvalue weighted by molar-refractivity contribution is 7.98. The third kappa shape index (κ3) is 27.5. The first kappa shape index (κ1) is 89.9. The predicted octanol–water partition coefficient (Wildman–Crippen LogP) is 3.72. The zero-order valence-electron chi connectivity index (χ0n) is 65.7. The van der Waals surface area contributed by atoms with E-state index in [0.29, 0.717) is 65.5 Å². The van der Waals surface area contributed by atoms with E-state index in [4.69, 9.17) is 5.73 Å². The number of hydrogen-bond donors (Lipinski definition) is 16. The molecular weight excluding hydrogens is 1500 g/mol. The monoisotopic (exact) mass is 1620 g/mol. The highest BCUT2D eigenvalue weighted by atomic mass is 32.2. The number of amides is 11. The van der Waals surface area contributed by atoms with Gasteiger partial charge in [0.1, 0.15) is 59.6 Å². The number of Topliss-reactive ketones (excluding diaryl/α,β-unsaturated/α-hetero) is 2. The van der Waals surface area contributed by atoms with Crippen molar-refractivity contribution in [1.82, 2.24) is 58.2 Å². The minimum Gasteiger partial charge on any atom is -0.508 e. The molecule has 620 valence electrons. The lowest BCUT2D eigenvalue weighted by Gasteiger charge is -2.33. The Kier molecular flexibility index (Phi) is 34.5. The number of hydrogen-bond acceptors (Lipinski definition) is 21. The zero-order chi connectivity index (χ0) is 82.8. The van der Waals surface area contributed by atoms with Gasteiger partial charge in [-0.3, -0.25) is 62.3 Å². The quantitative estimate of drug-likeness (QED) is 0.0961. The molecule has 4 heterocycles. The van der Waals surface area contributed by atoms with Crippen molar-refractivity contribution in [2.24, 2.45) is 28.9 Å². The van der Waals surface area contributed by atoms with Gasteiger partial charge < -0.3 is 84.6 Å². The number of aliphatic hydroxyl groups excluding tert-OH is 2. The average Bonchev–Trinajstić information content (AvgIpc) is 1.33. The first-order valence-electron chi connectivity index (χ1n) is 39.5. The van der Waals surface area contributed by atoms with Gasteiger partial charge >= 0.3 is 0 Å².